The van der Waals surface area contributed by atoms with Gasteiger partial charge in [0.25, 0.3) is 0 Å². The van der Waals surface area contributed by atoms with Crippen LogP contribution in [-0.4, -0.2) is 50.1 Å². The highest BCUT2D eigenvalue weighted by Gasteiger charge is 2.30. The lowest BCUT2D eigenvalue weighted by molar-refractivity contribution is -0.138. The fourth-order valence-electron chi connectivity index (χ4n) is 3.98. The van der Waals surface area contributed by atoms with E-state index in [-0.39, 0.29) is 17.9 Å². The van der Waals surface area contributed by atoms with Crippen molar-refractivity contribution in [1.82, 2.24) is 9.88 Å². The van der Waals surface area contributed by atoms with Gasteiger partial charge in [0.05, 0.1) is 10.4 Å². The molecule has 2 aromatic rings. The van der Waals surface area contributed by atoms with Crippen molar-refractivity contribution in [3.63, 3.8) is 0 Å². The molecule has 1 heterocycles. The predicted molar refractivity (Wildman–Crippen MR) is 137 cm³/mol. The summed E-state index contributed by atoms with van der Waals surface area (Å²) in [6.45, 7) is 7.67. The molecule has 1 aliphatic rings. The fraction of sp³-hybridized carbons (Fsp3) is 0.520. The molecule has 0 unspecified atom stereocenters. The second kappa shape index (κ2) is 11.4. The molecule has 1 fully saturated rings. The molecule has 7 nitrogen and oxygen atoms in total. The molecule has 2 amide bonds. The van der Waals surface area contributed by atoms with Gasteiger partial charge in [0, 0.05) is 18.2 Å². The highest BCUT2D eigenvalue weighted by atomic mass is 32.2. The molecule has 1 aromatic heterocycles. The zero-order valence-corrected chi connectivity index (χ0v) is 21.8. The van der Waals surface area contributed by atoms with Gasteiger partial charge in [0.1, 0.15) is 4.75 Å². The van der Waals surface area contributed by atoms with Crippen LogP contribution in [0.15, 0.2) is 34.7 Å². The summed E-state index contributed by atoms with van der Waals surface area (Å²) >= 11 is 2.50. The molecule has 0 saturated heterocycles. The van der Waals surface area contributed by atoms with Gasteiger partial charge < -0.3 is 10.0 Å². The number of amides is 2. The number of nitrogens with zero attached hydrogens (tertiary/aromatic N) is 2. The minimum atomic E-state index is -0.976. The van der Waals surface area contributed by atoms with E-state index in [2.05, 4.69) is 17.2 Å². The van der Waals surface area contributed by atoms with Crippen molar-refractivity contribution >= 4 is 46.0 Å². The summed E-state index contributed by atoms with van der Waals surface area (Å²) in [6.07, 6.45) is 6.46. The number of aromatic nitrogens is 1. The van der Waals surface area contributed by atoms with Crippen molar-refractivity contribution in [3.8, 4) is 0 Å². The molecular formula is C25H33N3O4S2. The van der Waals surface area contributed by atoms with Gasteiger partial charge in [-0.25, -0.2) is 9.78 Å². The van der Waals surface area contributed by atoms with Crippen LogP contribution in [0.1, 0.15) is 69.3 Å². The number of aliphatic carboxylic acids is 1. The Kier molecular flexibility index (Phi) is 8.76. The van der Waals surface area contributed by atoms with Crippen LogP contribution in [0.4, 0.5) is 9.93 Å². The fourth-order valence-corrected chi connectivity index (χ4v) is 6.25. The third kappa shape index (κ3) is 7.06. The third-order valence-corrected chi connectivity index (χ3v) is 8.46. The van der Waals surface area contributed by atoms with Gasteiger partial charge in [-0.1, -0.05) is 54.3 Å². The van der Waals surface area contributed by atoms with Crippen LogP contribution in [0.5, 0.6) is 0 Å². The number of rotatable bonds is 9. The Labute approximate surface area is 209 Å². The standard InChI is InChI=1S/C25H33N3O4S2/c1-16-5-11-20(12-6-16)28(14-13-18-7-9-19(10-8-18)17(2)29)24(32)27-23-26-15-21(33-23)34-25(3,4)22(30)31/h7-10,15-16,20H,5-6,11-14H2,1-4H3,(H,30,31)(H,26,27,32). The third-order valence-electron chi connectivity index (χ3n) is 6.26. The predicted octanol–water partition coefficient (Wildman–Crippen LogP) is 5.96. The molecule has 0 radical (unpaired) electrons. The number of carboxylic acids is 1. The summed E-state index contributed by atoms with van der Waals surface area (Å²) in [4.78, 5) is 42.5. The molecule has 1 aromatic carbocycles. The second-order valence-electron chi connectivity index (χ2n) is 9.44. The number of carboxylic acid groups (broad SMARTS) is 1. The first-order valence-corrected chi connectivity index (χ1v) is 13.2. The quantitative estimate of drug-likeness (QED) is 0.324. The number of urea groups is 1. The summed E-state index contributed by atoms with van der Waals surface area (Å²) in [5.41, 5.74) is 1.76. The Morgan fingerprint density at radius 3 is 2.41 bits per heavy atom. The zero-order valence-electron chi connectivity index (χ0n) is 20.2. The van der Waals surface area contributed by atoms with Crippen molar-refractivity contribution < 1.29 is 19.5 Å². The highest BCUT2D eigenvalue weighted by molar-refractivity contribution is 8.03. The minimum Gasteiger partial charge on any atom is -0.480 e. The molecule has 184 valence electrons. The summed E-state index contributed by atoms with van der Waals surface area (Å²) < 4.78 is -0.234. The maximum Gasteiger partial charge on any atom is 0.323 e. The lowest BCUT2D eigenvalue weighted by atomic mass is 9.86. The first kappa shape index (κ1) is 26.2. The van der Waals surface area contributed by atoms with E-state index >= 15 is 0 Å². The number of benzene rings is 1. The SMILES string of the molecule is CC(=O)c1ccc(CCN(C(=O)Nc2ncc(SC(C)(C)C(=O)O)s2)C2CCC(C)CC2)cc1. The topological polar surface area (TPSA) is 99.6 Å². The van der Waals surface area contributed by atoms with Crippen molar-refractivity contribution in [2.75, 3.05) is 11.9 Å². The lowest BCUT2D eigenvalue weighted by Gasteiger charge is -2.36. The Hall–Kier alpha value is -2.39. The molecule has 0 bridgehead atoms. The normalized spacial score (nSPS) is 18.4. The molecule has 0 spiro atoms. The van der Waals surface area contributed by atoms with Crippen LogP contribution in [0.25, 0.3) is 0 Å². The van der Waals surface area contributed by atoms with Gasteiger partial charge in [0.2, 0.25) is 0 Å². The maximum atomic E-state index is 13.3. The number of thioether (sulfide) groups is 1. The molecule has 2 N–H and O–H groups in total. The summed E-state index contributed by atoms with van der Waals surface area (Å²) in [7, 11) is 0. The number of Topliss-reactive ketones (excluding diaryl/α,β-unsaturated/α-hetero) is 1. The van der Waals surface area contributed by atoms with E-state index in [0.717, 1.165) is 35.5 Å². The Morgan fingerprint density at radius 2 is 1.82 bits per heavy atom. The van der Waals surface area contributed by atoms with Gasteiger partial charge in [-0.2, -0.15) is 0 Å². The van der Waals surface area contributed by atoms with Crippen LogP contribution in [0.2, 0.25) is 0 Å². The number of anilines is 1. The zero-order chi connectivity index (χ0) is 24.9. The van der Waals surface area contributed by atoms with E-state index in [1.807, 2.05) is 29.2 Å². The van der Waals surface area contributed by atoms with E-state index in [9.17, 15) is 19.5 Å². The Balaban J connectivity index is 1.68. The van der Waals surface area contributed by atoms with Gasteiger partial charge in [-0.15, -0.1) is 0 Å². The number of ketones is 1. The van der Waals surface area contributed by atoms with Crippen molar-refractivity contribution in [3.05, 3.63) is 41.6 Å². The number of hydrogen-bond donors (Lipinski definition) is 2. The molecular weight excluding hydrogens is 470 g/mol. The first-order chi connectivity index (χ1) is 16.0. The van der Waals surface area contributed by atoms with Crippen LogP contribution in [0, 0.1) is 5.92 Å². The monoisotopic (exact) mass is 503 g/mol. The van der Waals surface area contributed by atoms with Gasteiger partial charge in [0.15, 0.2) is 10.9 Å². The molecule has 34 heavy (non-hydrogen) atoms. The Morgan fingerprint density at radius 1 is 1.18 bits per heavy atom. The molecule has 0 aliphatic heterocycles. The van der Waals surface area contributed by atoms with E-state index in [0.29, 0.717) is 29.6 Å². The van der Waals surface area contributed by atoms with E-state index in [4.69, 9.17) is 0 Å². The van der Waals surface area contributed by atoms with Gasteiger partial charge in [-0.05, 0) is 64.4 Å². The number of carbonyl (C=O) groups is 3. The average molecular weight is 504 g/mol. The van der Waals surface area contributed by atoms with Crippen LogP contribution in [-0.2, 0) is 11.2 Å². The molecule has 9 heteroatoms. The molecule has 1 aliphatic carbocycles. The number of thiazole rings is 1. The largest absolute Gasteiger partial charge is 0.480 e. The highest BCUT2D eigenvalue weighted by Crippen LogP contribution is 2.37. The molecule has 1 saturated carbocycles. The summed E-state index contributed by atoms with van der Waals surface area (Å²) in [5.74, 6) is -0.182. The van der Waals surface area contributed by atoms with Gasteiger partial charge in [-0.3, -0.25) is 14.9 Å². The van der Waals surface area contributed by atoms with Gasteiger partial charge >= 0.3 is 12.0 Å². The Bertz CT molecular complexity index is 1010. The molecule has 3 rings (SSSR count). The number of nitrogens with one attached hydrogen (secondary N) is 1. The smallest absolute Gasteiger partial charge is 0.323 e. The first-order valence-electron chi connectivity index (χ1n) is 11.6. The number of hydrogen-bond acceptors (Lipinski definition) is 6. The molecule has 0 atom stereocenters. The van der Waals surface area contributed by atoms with Crippen LogP contribution in [0.3, 0.4) is 0 Å². The summed E-state index contributed by atoms with van der Waals surface area (Å²) in [6, 6.07) is 7.56. The van der Waals surface area contributed by atoms with Crippen molar-refractivity contribution in [2.24, 2.45) is 5.92 Å². The van der Waals surface area contributed by atoms with Crippen molar-refractivity contribution in [2.45, 2.75) is 74.8 Å². The lowest BCUT2D eigenvalue weighted by Crippen LogP contribution is -2.45. The van der Waals surface area contributed by atoms with E-state index in [1.54, 1.807) is 27.0 Å². The summed E-state index contributed by atoms with van der Waals surface area (Å²) in [5, 5.41) is 12.8. The second-order valence-corrected chi connectivity index (χ2v) is 12.4. The number of carbonyl (C=O) groups excluding carboxylic acids is 2. The van der Waals surface area contributed by atoms with Crippen LogP contribution < -0.4 is 5.32 Å². The maximum absolute atomic E-state index is 13.3. The van der Waals surface area contributed by atoms with Crippen LogP contribution >= 0.6 is 23.1 Å². The van der Waals surface area contributed by atoms with E-state index < -0.39 is 10.7 Å². The average Bonchev–Trinajstić information content (AvgIpc) is 3.21. The van der Waals surface area contributed by atoms with E-state index in [1.165, 1.54) is 23.1 Å². The van der Waals surface area contributed by atoms with Crippen molar-refractivity contribution in [1.29, 1.82) is 0 Å². The minimum absolute atomic E-state index is 0.0385.